The van der Waals surface area contributed by atoms with E-state index in [9.17, 15) is 13.2 Å². The van der Waals surface area contributed by atoms with Crippen molar-refractivity contribution in [1.82, 2.24) is 4.90 Å². The van der Waals surface area contributed by atoms with E-state index >= 15 is 0 Å². The van der Waals surface area contributed by atoms with Gasteiger partial charge in [-0.2, -0.15) is 0 Å². The summed E-state index contributed by atoms with van der Waals surface area (Å²) in [5.41, 5.74) is 0.897. The molecule has 2 saturated heterocycles. The van der Waals surface area contributed by atoms with Crippen LogP contribution in [-0.2, 0) is 19.5 Å². The Bertz CT molecular complexity index is 993. The second-order valence-corrected chi connectivity index (χ2v) is 9.28. The molecule has 2 aliphatic heterocycles. The Morgan fingerprint density at radius 2 is 1.61 bits per heavy atom. The minimum absolute atomic E-state index is 0.0918. The van der Waals surface area contributed by atoms with Gasteiger partial charge in [-0.05, 0) is 61.4 Å². The highest BCUT2D eigenvalue weighted by molar-refractivity contribution is 7.92. The van der Waals surface area contributed by atoms with Gasteiger partial charge in [0.05, 0.1) is 25.2 Å². The van der Waals surface area contributed by atoms with Crippen LogP contribution in [0.1, 0.15) is 23.2 Å². The third-order valence-electron chi connectivity index (χ3n) is 5.61. The molecule has 2 aliphatic rings. The molecule has 0 radical (unpaired) electrons. The maximum Gasteiger partial charge on any atom is 0.261 e. The molecule has 166 valence electrons. The number of carbonyl (C=O) groups is 1. The van der Waals surface area contributed by atoms with Crippen LogP contribution in [0, 0.1) is 5.92 Å². The number of amides is 1. The van der Waals surface area contributed by atoms with E-state index in [0.29, 0.717) is 49.2 Å². The number of nitrogens with zero attached hydrogens (tertiary/aromatic N) is 1. The molecule has 0 aromatic heterocycles. The van der Waals surface area contributed by atoms with Crippen LogP contribution in [0.25, 0.3) is 0 Å². The molecule has 2 fully saturated rings. The normalized spacial score (nSPS) is 18.2. The molecule has 2 heterocycles. The average molecular weight is 447 g/mol. The lowest BCUT2D eigenvalue weighted by Crippen LogP contribution is -2.41. The van der Waals surface area contributed by atoms with Crippen LogP contribution in [-0.4, -0.2) is 58.9 Å². The predicted octanol–water partition coefficient (Wildman–Crippen LogP) is 2.72. The zero-order valence-corrected chi connectivity index (χ0v) is 18.1. The van der Waals surface area contributed by atoms with E-state index in [2.05, 4.69) is 4.72 Å². The van der Waals surface area contributed by atoms with Crippen molar-refractivity contribution in [1.29, 1.82) is 0 Å². The molecule has 0 spiro atoms. The van der Waals surface area contributed by atoms with Crippen molar-refractivity contribution in [3.05, 3.63) is 54.1 Å². The number of sulfonamides is 1. The van der Waals surface area contributed by atoms with Crippen LogP contribution >= 0.6 is 0 Å². The Labute approximate surface area is 182 Å². The Morgan fingerprint density at radius 3 is 2.19 bits per heavy atom. The quantitative estimate of drug-likeness (QED) is 0.733. The van der Waals surface area contributed by atoms with Gasteiger partial charge >= 0.3 is 0 Å². The van der Waals surface area contributed by atoms with E-state index in [0.717, 1.165) is 12.8 Å². The fourth-order valence-corrected chi connectivity index (χ4v) is 4.91. The van der Waals surface area contributed by atoms with Gasteiger partial charge in [-0.15, -0.1) is 0 Å². The summed E-state index contributed by atoms with van der Waals surface area (Å²) in [5, 5.41) is 0. The molecule has 31 heavy (non-hydrogen) atoms. The number of carbonyl (C=O) groups excluding carboxylic acids is 1. The first-order valence-electron chi connectivity index (χ1n) is 10.3. The maximum absolute atomic E-state index is 12.8. The number of hydrogen-bond acceptors (Lipinski definition) is 6. The number of piperidine rings is 1. The highest BCUT2D eigenvalue weighted by Gasteiger charge is 2.32. The van der Waals surface area contributed by atoms with Crippen LogP contribution in [0.4, 0.5) is 5.69 Å². The van der Waals surface area contributed by atoms with Crippen molar-refractivity contribution in [2.45, 2.75) is 24.0 Å². The van der Waals surface area contributed by atoms with E-state index in [1.165, 1.54) is 12.1 Å². The van der Waals surface area contributed by atoms with Crippen LogP contribution in [0.5, 0.6) is 5.75 Å². The number of nitrogens with one attached hydrogen (secondary N) is 1. The number of rotatable bonds is 6. The Hall–Kier alpha value is -2.62. The molecule has 2 aromatic rings. The van der Waals surface area contributed by atoms with Gasteiger partial charge < -0.3 is 19.1 Å². The summed E-state index contributed by atoms with van der Waals surface area (Å²) in [7, 11) is -2.22. The summed E-state index contributed by atoms with van der Waals surface area (Å²) in [6, 6.07) is 12.6. The lowest BCUT2D eigenvalue weighted by molar-refractivity contribution is -0.0956. The molecule has 2 aromatic carbocycles. The first kappa shape index (κ1) is 21.6. The van der Waals surface area contributed by atoms with Crippen LogP contribution in [0.15, 0.2) is 53.4 Å². The highest BCUT2D eigenvalue weighted by atomic mass is 32.2. The number of methoxy groups -OCH3 is 1. The fraction of sp³-hybridized carbons (Fsp3) is 0.409. The van der Waals surface area contributed by atoms with E-state index in [-0.39, 0.29) is 17.1 Å². The number of ether oxygens (including phenoxy) is 3. The van der Waals surface area contributed by atoms with E-state index in [1.54, 1.807) is 48.4 Å². The molecule has 0 unspecified atom stereocenters. The van der Waals surface area contributed by atoms with Crippen molar-refractivity contribution in [3.63, 3.8) is 0 Å². The van der Waals surface area contributed by atoms with E-state index in [1.807, 2.05) is 0 Å². The molecule has 9 heteroatoms. The van der Waals surface area contributed by atoms with Crippen LogP contribution in [0.3, 0.4) is 0 Å². The first-order chi connectivity index (χ1) is 15.0. The summed E-state index contributed by atoms with van der Waals surface area (Å²) < 4.78 is 44.0. The third-order valence-corrected chi connectivity index (χ3v) is 7.01. The molecule has 0 aliphatic carbocycles. The summed E-state index contributed by atoms with van der Waals surface area (Å²) in [4.78, 5) is 14.7. The summed E-state index contributed by atoms with van der Waals surface area (Å²) in [6.45, 7) is 2.52. The number of hydrogen-bond donors (Lipinski definition) is 1. The zero-order chi connectivity index (χ0) is 21.8. The Morgan fingerprint density at radius 1 is 1.00 bits per heavy atom. The predicted molar refractivity (Wildman–Crippen MR) is 115 cm³/mol. The SMILES string of the molecule is COc1ccc(NS(=O)(=O)c2ccc(C(=O)N3CCC(C4OCCO4)CC3)cc2)cc1. The smallest absolute Gasteiger partial charge is 0.261 e. The number of benzene rings is 2. The zero-order valence-electron chi connectivity index (χ0n) is 17.3. The lowest BCUT2D eigenvalue weighted by atomic mass is 9.95. The number of anilines is 1. The van der Waals surface area contributed by atoms with Crippen LogP contribution < -0.4 is 9.46 Å². The summed E-state index contributed by atoms with van der Waals surface area (Å²) in [6.07, 6.45) is 1.50. The topological polar surface area (TPSA) is 94.2 Å². The average Bonchev–Trinajstić information content (AvgIpc) is 3.34. The summed E-state index contributed by atoms with van der Waals surface area (Å²) >= 11 is 0. The number of likely N-dealkylation sites (tertiary alicyclic amines) is 1. The van der Waals surface area contributed by atoms with E-state index < -0.39 is 10.0 Å². The Kier molecular flexibility index (Phi) is 6.45. The maximum atomic E-state index is 12.8. The van der Waals surface area contributed by atoms with Crippen molar-refractivity contribution in [3.8, 4) is 5.75 Å². The molecule has 0 bridgehead atoms. The summed E-state index contributed by atoms with van der Waals surface area (Å²) in [5.74, 6) is 0.847. The molecule has 1 N–H and O–H groups in total. The Balaban J connectivity index is 1.37. The van der Waals surface area contributed by atoms with Gasteiger partial charge in [-0.3, -0.25) is 9.52 Å². The lowest BCUT2D eigenvalue weighted by Gasteiger charge is -2.33. The van der Waals surface area contributed by atoms with Gasteiger partial charge in [0.15, 0.2) is 6.29 Å². The molecule has 1 amide bonds. The van der Waals surface area contributed by atoms with Gasteiger partial charge in [0.25, 0.3) is 15.9 Å². The molecule has 0 atom stereocenters. The second kappa shape index (κ2) is 9.25. The first-order valence-corrected chi connectivity index (χ1v) is 11.7. The van der Waals surface area contributed by atoms with Crippen LogP contribution in [0.2, 0.25) is 0 Å². The second-order valence-electron chi connectivity index (χ2n) is 7.60. The monoisotopic (exact) mass is 446 g/mol. The van der Waals surface area contributed by atoms with Crippen molar-refractivity contribution in [2.75, 3.05) is 38.1 Å². The highest BCUT2D eigenvalue weighted by Crippen LogP contribution is 2.27. The van der Waals surface area contributed by atoms with Gasteiger partial charge in [-0.1, -0.05) is 0 Å². The van der Waals surface area contributed by atoms with Gasteiger partial charge in [0.1, 0.15) is 5.75 Å². The van der Waals surface area contributed by atoms with Crippen molar-refractivity contribution >= 4 is 21.6 Å². The minimum Gasteiger partial charge on any atom is -0.497 e. The standard InChI is InChI=1S/C22H26N2O6S/c1-28-19-6-4-18(5-7-19)23-31(26,27)20-8-2-16(3-9-20)21(25)24-12-10-17(11-13-24)22-29-14-15-30-22/h2-9,17,22-23H,10-15H2,1H3. The largest absolute Gasteiger partial charge is 0.497 e. The van der Waals surface area contributed by atoms with Gasteiger partial charge in [0.2, 0.25) is 0 Å². The third kappa shape index (κ3) is 5.00. The fourth-order valence-electron chi connectivity index (χ4n) is 3.86. The van der Waals surface area contributed by atoms with Gasteiger partial charge in [0, 0.05) is 30.3 Å². The minimum atomic E-state index is -3.76. The molecular formula is C22H26N2O6S. The molecule has 4 rings (SSSR count). The van der Waals surface area contributed by atoms with Gasteiger partial charge in [-0.25, -0.2) is 8.42 Å². The molecule has 8 nitrogen and oxygen atoms in total. The van der Waals surface area contributed by atoms with E-state index in [4.69, 9.17) is 14.2 Å². The van der Waals surface area contributed by atoms with Crippen molar-refractivity contribution in [2.24, 2.45) is 5.92 Å². The van der Waals surface area contributed by atoms with Crippen molar-refractivity contribution < 1.29 is 27.4 Å². The molecule has 0 saturated carbocycles. The molecular weight excluding hydrogens is 420 g/mol.